The van der Waals surface area contributed by atoms with Crippen molar-refractivity contribution >= 4 is 16.9 Å². The second-order valence-corrected chi connectivity index (χ2v) is 3.78. The van der Waals surface area contributed by atoms with Crippen LogP contribution in [0.1, 0.15) is 10.6 Å². The summed E-state index contributed by atoms with van der Waals surface area (Å²) in [5.41, 5.74) is 1.50. The maximum Gasteiger partial charge on any atom is 0.374 e. The standard InChI is InChI=1S/C12H8N2O4/c15-11-6(1-2-8-7(11)3-4-13-8)9-5-10(12(16)17)18-14-9/h1-5,13,15H,(H,16,17). The van der Waals surface area contributed by atoms with Gasteiger partial charge < -0.3 is 19.7 Å². The Morgan fingerprint density at radius 3 is 2.89 bits per heavy atom. The number of aromatic nitrogens is 2. The van der Waals surface area contributed by atoms with Crippen LogP contribution in [0.4, 0.5) is 0 Å². The van der Waals surface area contributed by atoms with Gasteiger partial charge in [0, 0.05) is 28.7 Å². The average molecular weight is 244 g/mol. The first kappa shape index (κ1) is 10.4. The molecule has 0 saturated carbocycles. The van der Waals surface area contributed by atoms with E-state index in [2.05, 4.69) is 14.7 Å². The van der Waals surface area contributed by atoms with Crippen molar-refractivity contribution in [3.63, 3.8) is 0 Å². The zero-order chi connectivity index (χ0) is 12.7. The van der Waals surface area contributed by atoms with Crippen LogP contribution < -0.4 is 0 Å². The number of hydrogen-bond acceptors (Lipinski definition) is 4. The highest BCUT2D eigenvalue weighted by Gasteiger charge is 2.16. The Bertz CT molecular complexity index is 741. The number of carbonyl (C=O) groups is 1. The number of fused-ring (bicyclic) bond motifs is 1. The molecule has 1 aromatic carbocycles. The molecule has 0 fully saturated rings. The van der Waals surface area contributed by atoms with E-state index in [9.17, 15) is 9.90 Å². The third kappa shape index (κ3) is 1.43. The molecule has 6 heteroatoms. The largest absolute Gasteiger partial charge is 0.507 e. The fraction of sp³-hybridized carbons (Fsp3) is 0. The fourth-order valence-corrected chi connectivity index (χ4v) is 1.83. The highest BCUT2D eigenvalue weighted by molar-refractivity contribution is 5.93. The molecule has 2 aromatic heterocycles. The highest BCUT2D eigenvalue weighted by Crippen LogP contribution is 2.34. The zero-order valence-electron chi connectivity index (χ0n) is 9.04. The Morgan fingerprint density at radius 1 is 1.33 bits per heavy atom. The van der Waals surface area contributed by atoms with Gasteiger partial charge in [-0.05, 0) is 18.2 Å². The average Bonchev–Trinajstić information content (AvgIpc) is 2.97. The molecule has 6 nitrogen and oxygen atoms in total. The van der Waals surface area contributed by atoms with Gasteiger partial charge >= 0.3 is 5.97 Å². The molecule has 0 saturated heterocycles. The number of hydrogen-bond donors (Lipinski definition) is 3. The number of aromatic hydroxyl groups is 1. The minimum absolute atomic E-state index is 0.0407. The van der Waals surface area contributed by atoms with Crippen LogP contribution in [0.3, 0.4) is 0 Å². The van der Waals surface area contributed by atoms with E-state index in [1.807, 2.05) is 0 Å². The van der Waals surface area contributed by atoms with Gasteiger partial charge in [0.15, 0.2) is 0 Å². The van der Waals surface area contributed by atoms with Crippen LogP contribution >= 0.6 is 0 Å². The molecule has 0 aliphatic carbocycles. The summed E-state index contributed by atoms with van der Waals surface area (Å²) in [6, 6.07) is 6.43. The van der Waals surface area contributed by atoms with Gasteiger partial charge in [0.2, 0.25) is 5.76 Å². The molecular weight excluding hydrogens is 236 g/mol. The molecule has 3 rings (SSSR count). The van der Waals surface area contributed by atoms with Crippen molar-refractivity contribution in [1.29, 1.82) is 0 Å². The van der Waals surface area contributed by atoms with Crippen LogP contribution in [0.2, 0.25) is 0 Å². The maximum absolute atomic E-state index is 10.7. The monoisotopic (exact) mass is 244 g/mol. The molecule has 0 atom stereocenters. The second-order valence-electron chi connectivity index (χ2n) is 3.78. The number of carboxylic acids is 1. The van der Waals surface area contributed by atoms with Gasteiger partial charge in [-0.25, -0.2) is 4.79 Å². The maximum atomic E-state index is 10.7. The van der Waals surface area contributed by atoms with Crippen molar-refractivity contribution in [2.75, 3.05) is 0 Å². The lowest BCUT2D eigenvalue weighted by Gasteiger charge is -2.01. The number of carboxylic acid groups (broad SMARTS) is 1. The summed E-state index contributed by atoms with van der Waals surface area (Å²) in [6.07, 6.45) is 1.71. The van der Waals surface area contributed by atoms with Crippen LogP contribution in [0.25, 0.3) is 22.2 Å². The molecule has 0 aliphatic rings. The Kier molecular flexibility index (Phi) is 2.09. The van der Waals surface area contributed by atoms with Gasteiger partial charge in [-0.15, -0.1) is 0 Å². The summed E-state index contributed by atoms with van der Waals surface area (Å²) >= 11 is 0. The predicted octanol–water partition coefficient (Wildman–Crippen LogP) is 2.23. The van der Waals surface area contributed by atoms with Gasteiger partial charge in [-0.3, -0.25) is 0 Å². The first-order valence-corrected chi connectivity index (χ1v) is 5.16. The van der Waals surface area contributed by atoms with Crippen LogP contribution in [0.5, 0.6) is 5.75 Å². The van der Waals surface area contributed by atoms with Crippen molar-refractivity contribution in [1.82, 2.24) is 10.1 Å². The Labute approximate surface area is 100 Å². The number of phenolic OH excluding ortho intramolecular Hbond substituents is 1. The molecular formula is C12H8N2O4. The first-order valence-electron chi connectivity index (χ1n) is 5.16. The molecule has 0 bridgehead atoms. The number of rotatable bonds is 2. The van der Waals surface area contributed by atoms with Crippen molar-refractivity contribution in [2.24, 2.45) is 0 Å². The number of aromatic amines is 1. The number of nitrogens with one attached hydrogen (secondary N) is 1. The van der Waals surface area contributed by atoms with E-state index >= 15 is 0 Å². The van der Waals surface area contributed by atoms with Gasteiger partial charge in [0.25, 0.3) is 0 Å². The number of phenols is 1. The summed E-state index contributed by atoms with van der Waals surface area (Å²) in [4.78, 5) is 13.7. The molecule has 18 heavy (non-hydrogen) atoms. The lowest BCUT2D eigenvalue weighted by atomic mass is 10.1. The normalized spacial score (nSPS) is 10.9. The van der Waals surface area contributed by atoms with E-state index in [-0.39, 0.29) is 17.2 Å². The second kappa shape index (κ2) is 3.63. The third-order valence-electron chi connectivity index (χ3n) is 2.70. The van der Waals surface area contributed by atoms with E-state index in [4.69, 9.17) is 5.11 Å². The summed E-state index contributed by atoms with van der Waals surface area (Å²) < 4.78 is 4.66. The van der Waals surface area contributed by atoms with E-state index in [0.717, 1.165) is 5.52 Å². The molecule has 0 amide bonds. The van der Waals surface area contributed by atoms with Crippen LogP contribution in [0, 0.1) is 0 Å². The lowest BCUT2D eigenvalue weighted by molar-refractivity contribution is 0.0652. The highest BCUT2D eigenvalue weighted by atomic mass is 16.5. The topological polar surface area (TPSA) is 99.3 Å². The third-order valence-corrected chi connectivity index (χ3v) is 2.70. The minimum Gasteiger partial charge on any atom is -0.507 e. The van der Waals surface area contributed by atoms with Gasteiger partial charge in [0.05, 0.1) is 0 Å². The van der Waals surface area contributed by atoms with Gasteiger partial charge in [-0.2, -0.15) is 0 Å². The van der Waals surface area contributed by atoms with E-state index < -0.39 is 5.97 Å². The van der Waals surface area contributed by atoms with Crippen molar-refractivity contribution < 1.29 is 19.5 Å². The number of benzene rings is 1. The molecule has 0 spiro atoms. The Balaban J connectivity index is 2.18. The van der Waals surface area contributed by atoms with E-state index in [0.29, 0.717) is 10.9 Å². The summed E-state index contributed by atoms with van der Waals surface area (Å²) in [5.74, 6) is -1.42. The first-order chi connectivity index (χ1) is 8.66. The Hall–Kier alpha value is -2.76. The SMILES string of the molecule is O=C(O)c1cc(-c2ccc3[nH]ccc3c2O)no1. The molecule has 3 aromatic rings. The van der Waals surface area contributed by atoms with Crippen molar-refractivity contribution in [2.45, 2.75) is 0 Å². The molecule has 2 heterocycles. The zero-order valence-corrected chi connectivity index (χ0v) is 9.04. The summed E-state index contributed by atoms with van der Waals surface area (Å²) in [5, 5.41) is 23.1. The number of H-pyrrole nitrogens is 1. The van der Waals surface area contributed by atoms with Crippen LogP contribution in [-0.4, -0.2) is 26.3 Å². The molecule has 0 aliphatic heterocycles. The fourth-order valence-electron chi connectivity index (χ4n) is 1.83. The molecule has 3 N–H and O–H groups in total. The van der Waals surface area contributed by atoms with E-state index in [1.54, 1.807) is 24.4 Å². The Morgan fingerprint density at radius 2 is 2.17 bits per heavy atom. The van der Waals surface area contributed by atoms with Gasteiger partial charge in [-0.1, -0.05) is 5.16 Å². The summed E-state index contributed by atoms with van der Waals surface area (Å²) in [7, 11) is 0. The molecule has 0 unspecified atom stereocenters. The quantitative estimate of drug-likeness (QED) is 0.641. The van der Waals surface area contributed by atoms with Crippen LogP contribution in [0.15, 0.2) is 35.0 Å². The predicted molar refractivity (Wildman–Crippen MR) is 62.4 cm³/mol. The van der Waals surface area contributed by atoms with Crippen molar-refractivity contribution in [3.8, 4) is 17.0 Å². The van der Waals surface area contributed by atoms with Crippen molar-refractivity contribution in [3.05, 3.63) is 36.2 Å². The van der Waals surface area contributed by atoms with Gasteiger partial charge in [0.1, 0.15) is 11.4 Å². The molecule has 90 valence electrons. The molecule has 0 radical (unpaired) electrons. The summed E-state index contributed by atoms with van der Waals surface area (Å²) in [6.45, 7) is 0. The smallest absolute Gasteiger partial charge is 0.374 e. The van der Waals surface area contributed by atoms with E-state index in [1.165, 1.54) is 6.07 Å². The van der Waals surface area contributed by atoms with Crippen LogP contribution in [-0.2, 0) is 0 Å². The minimum atomic E-state index is -1.20. The number of aromatic carboxylic acids is 1. The lowest BCUT2D eigenvalue weighted by Crippen LogP contribution is -1.91. The number of nitrogens with zero attached hydrogens (tertiary/aromatic N) is 1.